The van der Waals surface area contributed by atoms with Crippen molar-refractivity contribution in [2.45, 2.75) is 6.42 Å². The first kappa shape index (κ1) is 16.9. The number of β-amino-alcohol motifs (C(OH)–C–C–N with tert-alkyl or cyclic N) is 1. The minimum atomic E-state index is -1.00. The van der Waals surface area contributed by atoms with E-state index in [0.717, 1.165) is 13.1 Å². The number of carbonyl (C=O) groups is 2. The van der Waals surface area contributed by atoms with Crippen molar-refractivity contribution in [3.63, 3.8) is 0 Å². The minimum absolute atomic E-state index is 0.00252. The van der Waals surface area contributed by atoms with Crippen LogP contribution in [0.1, 0.15) is 6.42 Å². The molecule has 1 aliphatic heterocycles. The van der Waals surface area contributed by atoms with Gasteiger partial charge < -0.3 is 20.4 Å². The molecule has 0 aromatic rings. The van der Waals surface area contributed by atoms with Crippen molar-refractivity contribution in [1.82, 2.24) is 15.1 Å². The number of nitrogens with zero attached hydrogens (tertiary/aromatic N) is 3. The highest BCUT2D eigenvalue weighted by molar-refractivity contribution is 5.97. The second-order valence-corrected chi connectivity index (χ2v) is 4.66. The second kappa shape index (κ2) is 8.94. The van der Waals surface area contributed by atoms with Gasteiger partial charge >= 0.3 is 5.97 Å². The van der Waals surface area contributed by atoms with E-state index in [9.17, 15) is 9.59 Å². The van der Waals surface area contributed by atoms with Crippen molar-refractivity contribution >= 4 is 11.9 Å². The largest absolute Gasteiger partial charge is 0.481 e. The number of aliphatic hydroxyl groups is 1. The van der Waals surface area contributed by atoms with Gasteiger partial charge in [-0.1, -0.05) is 0 Å². The topological polar surface area (TPSA) is 117 Å². The van der Waals surface area contributed by atoms with Crippen LogP contribution < -0.4 is 5.32 Å². The zero-order valence-corrected chi connectivity index (χ0v) is 11.8. The highest BCUT2D eigenvalue weighted by Gasteiger charge is 2.16. The molecule has 1 heterocycles. The number of piperazine rings is 1. The first-order valence-corrected chi connectivity index (χ1v) is 6.76. The molecule has 1 fully saturated rings. The van der Waals surface area contributed by atoms with Crippen LogP contribution >= 0.6 is 0 Å². The average molecular weight is 296 g/mol. The van der Waals surface area contributed by atoms with Crippen molar-refractivity contribution in [1.29, 1.82) is 5.26 Å². The lowest BCUT2D eigenvalue weighted by Gasteiger charge is -2.33. The number of nitriles is 1. The van der Waals surface area contributed by atoms with Gasteiger partial charge in [-0.3, -0.25) is 14.5 Å². The maximum atomic E-state index is 11.7. The highest BCUT2D eigenvalue weighted by Crippen LogP contribution is 2.04. The third-order valence-corrected chi connectivity index (χ3v) is 3.12. The van der Waals surface area contributed by atoms with Gasteiger partial charge in [0.25, 0.3) is 5.91 Å². The Labute approximate surface area is 123 Å². The van der Waals surface area contributed by atoms with E-state index in [2.05, 4.69) is 10.2 Å². The van der Waals surface area contributed by atoms with Crippen molar-refractivity contribution in [2.24, 2.45) is 0 Å². The monoisotopic (exact) mass is 296 g/mol. The van der Waals surface area contributed by atoms with Crippen LogP contribution in [-0.4, -0.2) is 77.8 Å². The van der Waals surface area contributed by atoms with E-state index < -0.39 is 11.9 Å². The summed E-state index contributed by atoms with van der Waals surface area (Å²) in [7, 11) is 0. The van der Waals surface area contributed by atoms with Crippen molar-refractivity contribution in [3.8, 4) is 6.07 Å². The predicted molar refractivity (Wildman–Crippen MR) is 74.1 cm³/mol. The second-order valence-electron chi connectivity index (χ2n) is 4.66. The summed E-state index contributed by atoms with van der Waals surface area (Å²) in [5, 5.41) is 28.8. The molecule has 1 amide bonds. The van der Waals surface area contributed by atoms with Crippen molar-refractivity contribution in [2.75, 3.05) is 45.9 Å². The molecule has 0 spiro atoms. The van der Waals surface area contributed by atoms with Gasteiger partial charge in [0.15, 0.2) is 0 Å². The quantitative estimate of drug-likeness (QED) is 0.390. The molecule has 8 heteroatoms. The third kappa shape index (κ3) is 6.25. The van der Waals surface area contributed by atoms with Gasteiger partial charge in [0.05, 0.1) is 13.0 Å². The summed E-state index contributed by atoms with van der Waals surface area (Å²) in [6.45, 7) is 3.61. The standard InChI is InChI=1S/C13H20N4O4/c14-9-11(13(21)15-2-1-12(19)20)10-17-5-3-16(4-6-17)7-8-18/h10,18H,1-8H2,(H,15,21)(H,19,20)/b11-10-. The summed E-state index contributed by atoms with van der Waals surface area (Å²) in [5.74, 6) is -1.56. The lowest BCUT2D eigenvalue weighted by Crippen LogP contribution is -2.45. The number of carboxylic acid groups (broad SMARTS) is 1. The van der Waals surface area contributed by atoms with Gasteiger partial charge in [-0.2, -0.15) is 5.26 Å². The van der Waals surface area contributed by atoms with Crippen LogP contribution in [0.3, 0.4) is 0 Å². The van der Waals surface area contributed by atoms with Gasteiger partial charge in [-0.25, -0.2) is 0 Å². The molecule has 3 N–H and O–H groups in total. The summed E-state index contributed by atoms with van der Waals surface area (Å²) in [6.07, 6.45) is 1.33. The fraction of sp³-hybridized carbons (Fsp3) is 0.615. The molecule has 0 unspecified atom stereocenters. The number of aliphatic hydroxyl groups excluding tert-OH is 1. The Morgan fingerprint density at radius 2 is 1.95 bits per heavy atom. The molecule has 21 heavy (non-hydrogen) atoms. The smallest absolute Gasteiger partial charge is 0.305 e. The zero-order valence-electron chi connectivity index (χ0n) is 11.8. The summed E-state index contributed by atoms with van der Waals surface area (Å²) in [5.41, 5.74) is -0.0315. The van der Waals surface area contributed by atoms with Gasteiger partial charge in [-0.15, -0.1) is 0 Å². The number of carbonyl (C=O) groups excluding carboxylic acids is 1. The van der Waals surface area contributed by atoms with Crippen LogP contribution in [0.4, 0.5) is 0 Å². The SMILES string of the molecule is N#C/C(=C/N1CCN(CCO)CC1)C(=O)NCCC(=O)O. The normalized spacial score (nSPS) is 16.4. The van der Waals surface area contributed by atoms with E-state index >= 15 is 0 Å². The molecule has 1 saturated heterocycles. The van der Waals surface area contributed by atoms with E-state index in [4.69, 9.17) is 15.5 Å². The summed E-state index contributed by atoms with van der Waals surface area (Å²) >= 11 is 0. The Morgan fingerprint density at radius 3 is 2.48 bits per heavy atom. The molecule has 1 rings (SSSR count). The Balaban J connectivity index is 2.46. The zero-order chi connectivity index (χ0) is 15.7. The Bertz CT molecular complexity index is 436. The van der Waals surface area contributed by atoms with E-state index in [1.807, 2.05) is 11.0 Å². The van der Waals surface area contributed by atoms with Crippen LogP contribution in [0.15, 0.2) is 11.8 Å². The van der Waals surface area contributed by atoms with Gasteiger partial charge in [0, 0.05) is 45.5 Å². The van der Waals surface area contributed by atoms with E-state index in [1.165, 1.54) is 6.20 Å². The summed E-state index contributed by atoms with van der Waals surface area (Å²) in [4.78, 5) is 26.1. The Kier molecular flexibility index (Phi) is 7.21. The number of aliphatic carboxylic acids is 1. The number of rotatable bonds is 7. The first-order chi connectivity index (χ1) is 10.1. The Morgan fingerprint density at radius 1 is 1.29 bits per heavy atom. The summed E-state index contributed by atoms with van der Waals surface area (Å²) < 4.78 is 0. The number of carboxylic acids is 1. The van der Waals surface area contributed by atoms with Crippen LogP contribution in [0.2, 0.25) is 0 Å². The maximum Gasteiger partial charge on any atom is 0.305 e. The molecule has 1 aliphatic rings. The average Bonchev–Trinajstić information content (AvgIpc) is 2.46. The van der Waals surface area contributed by atoms with Crippen molar-refractivity contribution in [3.05, 3.63) is 11.8 Å². The molecule has 0 aromatic carbocycles. The first-order valence-electron chi connectivity index (χ1n) is 6.76. The fourth-order valence-corrected chi connectivity index (χ4v) is 1.96. The van der Waals surface area contributed by atoms with Gasteiger partial charge in [0.1, 0.15) is 11.6 Å². The summed E-state index contributed by atoms with van der Waals surface area (Å²) in [6, 6.07) is 1.83. The molecular weight excluding hydrogens is 276 g/mol. The number of nitrogens with one attached hydrogen (secondary N) is 1. The molecule has 0 aliphatic carbocycles. The minimum Gasteiger partial charge on any atom is -0.481 e. The molecule has 0 radical (unpaired) electrons. The van der Waals surface area contributed by atoms with Crippen LogP contribution in [0.5, 0.6) is 0 Å². The molecule has 0 aromatic heterocycles. The molecular formula is C13H20N4O4. The van der Waals surface area contributed by atoms with E-state index in [1.54, 1.807) is 0 Å². The Hall–Kier alpha value is -2.11. The molecule has 0 atom stereocenters. The van der Waals surface area contributed by atoms with E-state index in [0.29, 0.717) is 19.6 Å². The van der Waals surface area contributed by atoms with Crippen LogP contribution in [0, 0.1) is 11.3 Å². The fourth-order valence-electron chi connectivity index (χ4n) is 1.96. The lowest BCUT2D eigenvalue weighted by molar-refractivity contribution is -0.136. The molecule has 116 valence electrons. The predicted octanol–water partition coefficient (Wildman–Crippen LogP) is -1.41. The number of amides is 1. The van der Waals surface area contributed by atoms with Crippen LogP contribution in [-0.2, 0) is 9.59 Å². The van der Waals surface area contributed by atoms with Gasteiger partial charge in [0.2, 0.25) is 0 Å². The van der Waals surface area contributed by atoms with Crippen molar-refractivity contribution < 1.29 is 19.8 Å². The maximum absolute atomic E-state index is 11.7. The molecule has 0 bridgehead atoms. The molecule has 0 saturated carbocycles. The molecule has 8 nitrogen and oxygen atoms in total. The van der Waals surface area contributed by atoms with E-state index in [-0.39, 0.29) is 25.1 Å². The number of hydrogen-bond acceptors (Lipinski definition) is 6. The highest BCUT2D eigenvalue weighted by atomic mass is 16.4. The lowest BCUT2D eigenvalue weighted by atomic mass is 10.2. The van der Waals surface area contributed by atoms with Crippen LogP contribution in [0.25, 0.3) is 0 Å². The van der Waals surface area contributed by atoms with Gasteiger partial charge in [-0.05, 0) is 0 Å². The number of hydrogen-bond donors (Lipinski definition) is 3. The third-order valence-electron chi connectivity index (χ3n) is 3.12.